The summed E-state index contributed by atoms with van der Waals surface area (Å²) in [6.45, 7) is 4.30. The molecule has 8 heteroatoms. The van der Waals surface area contributed by atoms with Crippen molar-refractivity contribution in [3.63, 3.8) is 0 Å². The third-order valence-electron chi connectivity index (χ3n) is 5.05. The average molecular weight is 342 g/mol. The third-order valence-corrected chi connectivity index (χ3v) is 7.20. The largest absolute Gasteiger partial charge is 0.394 e. The van der Waals surface area contributed by atoms with E-state index in [0.717, 1.165) is 31.4 Å². The standard InChI is InChI=1S/C15H26N4O3S/c1-13-3-2-8-19(13)23(21,22)17-9-5-14(6-10-17)15-4-7-16-18(15)11-12-20/h4,7,13-14,20H,2-3,5-6,8-12H2,1H3/t13-/m1/s1. The highest BCUT2D eigenvalue weighted by Gasteiger charge is 2.38. The second-order valence-electron chi connectivity index (χ2n) is 6.49. The van der Waals surface area contributed by atoms with Gasteiger partial charge in [-0.05, 0) is 38.7 Å². The molecule has 1 N–H and O–H groups in total. The van der Waals surface area contributed by atoms with Crippen molar-refractivity contribution < 1.29 is 13.5 Å². The maximum absolute atomic E-state index is 12.8. The first-order valence-electron chi connectivity index (χ1n) is 8.43. The molecular formula is C15H26N4O3S. The van der Waals surface area contributed by atoms with Crippen LogP contribution >= 0.6 is 0 Å². The van der Waals surface area contributed by atoms with Gasteiger partial charge in [0.05, 0.1) is 13.2 Å². The molecule has 2 saturated heterocycles. The fraction of sp³-hybridized carbons (Fsp3) is 0.800. The molecule has 3 rings (SSSR count). The van der Waals surface area contributed by atoms with Crippen LogP contribution < -0.4 is 0 Å². The zero-order valence-corrected chi connectivity index (χ0v) is 14.5. The average Bonchev–Trinajstić information content (AvgIpc) is 3.17. The van der Waals surface area contributed by atoms with Gasteiger partial charge < -0.3 is 5.11 Å². The number of rotatable bonds is 5. The zero-order chi connectivity index (χ0) is 16.4. The molecule has 0 aromatic carbocycles. The first-order chi connectivity index (χ1) is 11.0. The molecule has 2 aliphatic heterocycles. The molecule has 1 atom stereocenters. The van der Waals surface area contributed by atoms with Gasteiger partial charge in [0, 0.05) is 43.5 Å². The van der Waals surface area contributed by atoms with Gasteiger partial charge in [-0.2, -0.15) is 22.1 Å². The van der Waals surface area contributed by atoms with E-state index >= 15 is 0 Å². The lowest BCUT2D eigenvalue weighted by Crippen LogP contribution is -2.48. The lowest BCUT2D eigenvalue weighted by Gasteiger charge is -2.35. The van der Waals surface area contributed by atoms with E-state index in [4.69, 9.17) is 5.11 Å². The summed E-state index contributed by atoms with van der Waals surface area (Å²) in [6.07, 6.45) is 5.27. The Morgan fingerprint density at radius 3 is 2.61 bits per heavy atom. The van der Waals surface area contributed by atoms with Crippen molar-refractivity contribution in [1.29, 1.82) is 0 Å². The molecule has 0 saturated carbocycles. The molecule has 23 heavy (non-hydrogen) atoms. The van der Waals surface area contributed by atoms with E-state index < -0.39 is 10.2 Å². The lowest BCUT2D eigenvalue weighted by atomic mass is 9.94. The van der Waals surface area contributed by atoms with Crippen molar-refractivity contribution in [3.05, 3.63) is 18.0 Å². The van der Waals surface area contributed by atoms with E-state index in [-0.39, 0.29) is 12.6 Å². The van der Waals surface area contributed by atoms with E-state index in [1.807, 2.05) is 17.7 Å². The molecule has 2 fully saturated rings. The molecule has 3 heterocycles. The Bertz CT molecular complexity index is 622. The van der Waals surface area contributed by atoms with E-state index in [1.54, 1.807) is 14.8 Å². The van der Waals surface area contributed by atoms with Crippen LogP contribution in [-0.4, -0.2) is 64.2 Å². The maximum Gasteiger partial charge on any atom is 0.282 e. The predicted molar refractivity (Wildman–Crippen MR) is 87.2 cm³/mol. The van der Waals surface area contributed by atoms with Crippen LogP contribution in [0.15, 0.2) is 12.3 Å². The van der Waals surface area contributed by atoms with Gasteiger partial charge >= 0.3 is 0 Å². The van der Waals surface area contributed by atoms with Crippen molar-refractivity contribution in [1.82, 2.24) is 18.4 Å². The van der Waals surface area contributed by atoms with Crippen LogP contribution in [0.2, 0.25) is 0 Å². The Hall–Kier alpha value is -0.960. The number of hydrogen-bond acceptors (Lipinski definition) is 4. The van der Waals surface area contributed by atoms with Gasteiger partial charge in [0.25, 0.3) is 10.2 Å². The molecule has 0 amide bonds. The van der Waals surface area contributed by atoms with E-state index in [2.05, 4.69) is 5.10 Å². The van der Waals surface area contributed by atoms with Crippen molar-refractivity contribution in [2.45, 2.75) is 51.1 Å². The Morgan fingerprint density at radius 1 is 1.26 bits per heavy atom. The van der Waals surface area contributed by atoms with Gasteiger partial charge in [0.1, 0.15) is 0 Å². The summed E-state index contributed by atoms with van der Waals surface area (Å²) in [5, 5.41) is 13.3. The minimum absolute atomic E-state index is 0.0642. The van der Waals surface area contributed by atoms with Crippen molar-refractivity contribution in [2.75, 3.05) is 26.2 Å². The summed E-state index contributed by atoms with van der Waals surface area (Å²) >= 11 is 0. The van der Waals surface area contributed by atoms with Crippen LogP contribution in [0.5, 0.6) is 0 Å². The van der Waals surface area contributed by atoms with Crippen LogP contribution in [-0.2, 0) is 16.8 Å². The fourth-order valence-corrected chi connectivity index (χ4v) is 5.64. The summed E-state index contributed by atoms with van der Waals surface area (Å²) in [6, 6.07) is 2.09. The minimum Gasteiger partial charge on any atom is -0.394 e. The smallest absolute Gasteiger partial charge is 0.282 e. The van der Waals surface area contributed by atoms with Gasteiger partial charge in [-0.3, -0.25) is 4.68 Å². The Kier molecular flexibility index (Phi) is 5.05. The monoisotopic (exact) mass is 342 g/mol. The Balaban J connectivity index is 1.65. The second-order valence-corrected chi connectivity index (χ2v) is 8.37. The first kappa shape index (κ1) is 16.9. The third kappa shape index (κ3) is 3.31. The van der Waals surface area contributed by atoms with Crippen LogP contribution in [0.1, 0.15) is 44.2 Å². The van der Waals surface area contributed by atoms with E-state index in [0.29, 0.717) is 32.1 Å². The number of aliphatic hydroxyl groups is 1. The highest BCUT2D eigenvalue weighted by molar-refractivity contribution is 7.86. The summed E-state index contributed by atoms with van der Waals surface area (Å²) in [5.74, 6) is 0.312. The molecule has 0 unspecified atom stereocenters. The molecule has 0 aliphatic carbocycles. The normalized spacial score (nSPS) is 25.2. The van der Waals surface area contributed by atoms with Crippen molar-refractivity contribution in [2.24, 2.45) is 0 Å². The van der Waals surface area contributed by atoms with Crippen LogP contribution in [0.25, 0.3) is 0 Å². The summed E-state index contributed by atoms with van der Waals surface area (Å²) < 4.78 is 30.6. The molecule has 1 aromatic rings. The molecular weight excluding hydrogens is 316 g/mol. The van der Waals surface area contributed by atoms with Gasteiger partial charge in [-0.1, -0.05) is 0 Å². The van der Waals surface area contributed by atoms with Gasteiger partial charge in [0.2, 0.25) is 0 Å². The summed E-state index contributed by atoms with van der Waals surface area (Å²) in [5.41, 5.74) is 1.10. The number of nitrogens with zero attached hydrogens (tertiary/aromatic N) is 4. The number of aromatic nitrogens is 2. The highest BCUT2D eigenvalue weighted by atomic mass is 32.2. The molecule has 2 aliphatic rings. The van der Waals surface area contributed by atoms with Gasteiger partial charge in [-0.15, -0.1) is 0 Å². The fourth-order valence-electron chi connectivity index (χ4n) is 3.75. The van der Waals surface area contributed by atoms with Gasteiger partial charge in [0.15, 0.2) is 0 Å². The first-order valence-corrected chi connectivity index (χ1v) is 9.83. The number of aliphatic hydroxyl groups excluding tert-OH is 1. The Labute approximate surface area is 138 Å². The van der Waals surface area contributed by atoms with Crippen LogP contribution in [0.4, 0.5) is 0 Å². The Morgan fingerprint density at radius 2 is 2.00 bits per heavy atom. The molecule has 1 aromatic heterocycles. The highest BCUT2D eigenvalue weighted by Crippen LogP contribution is 2.31. The zero-order valence-electron chi connectivity index (χ0n) is 13.6. The maximum atomic E-state index is 12.8. The second kappa shape index (κ2) is 6.88. The summed E-state index contributed by atoms with van der Waals surface area (Å²) in [7, 11) is -3.32. The topological polar surface area (TPSA) is 78.7 Å². The van der Waals surface area contributed by atoms with E-state index in [9.17, 15) is 8.42 Å². The molecule has 0 bridgehead atoms. The molecule has 0 spiro atoms. The lowest BCUT2D eigenvalue weighted by molar-refractivity contribution is 0.256. The van der Waals surface area contributed by atoms with Gasteiger partial charge in [-0.25, -0.2) is 0 Å². The molecule has 130 valence electrons. The van der Waals surface area contributed by atoms with E-state index in [1.165, 1.54) is 0 Å². The quantitative estimate of drug-likeness (QED) is 0.858. The van der Waals surface area contributed by atoms with Crippen LogP contribution in [0.3, 0.4) is 0 Å². The SMILES string of the molecule is C[C@@H]1CCCN1S(=O)(=O)N1CCC(c2ccnn2CCO)CC1. The molecule has 7 nitrogen and oxygen atoms in total. The van der Waals surface area contributed by atoms with Crippen molar-refractivity contribution in [3.8, 4) is 0 Å². The molecule has 0 radical (unpaired) electrons. The van der Waals surface area contributed by atoms with Crippen molar-refractivity contribution >= 4 is 10.2 Å². The summed E-state index contributed by atoms with van der Waals surface area (Å²) in [4.78, 5) is 0. The van der Waals surface area contributed by atoms with Crippen LogP contribution in [0, 0.1) is 0 Å². The number of hydrogen-bond donors (Lipinski definition) is 1. The predicted octanol–water partition coefficient (Wildman–Crippen LogP) is 0.784. The number of piperidine rings is 1. The minimum atomic E-state index is -3.32.